The van der Waals surface area contributed by atoms with Crippen LogP contribution in [0.3, 0.4) is 0 Å². The Balaban J connectivity index is 1.45. The fourth-order valence-electron chi connectivity index (χ4n) is 2.91. The van der Waals surface area contributed by atoms with Crippen molar-refractivity contribution >= 4 is 23.6 Å². The second-order valence-electron chi connectivity index (χ2n) is 6.13. The predicted molar refractivity (Wildman–Crippen MR) is 101 cm³/mol. The molecule has 1 aliphatic rings. The van der Waals surface area contributed by atoms with Gasteiger partial charge in [-0.25, -0.2) is 0 Å². The highest BCUT2D eigenvalue weighted by atomic mass is 32.2. The molecule has 0 radical (unpaired) electrons. The lowest BCUT2D eigenvalue weighted by Gasteiger charge is -2.08. The van der Waals surface area contributed by atoms with Gasteiger partial charge in [0.05, 0.1) is 5.75 Å². The van der Waals surface area contributed by atoms with Crippen LogP contribution in [0.5, 0.6) is 0 Å². The van der Waals surface area contributed by atoms with Gasteiger partial charge in [0.25, 0.3) is 5.91 Å². The van der Waals surface area contributed by atoms with Crippen LogP contribution in [0.15, 0.2) is 47.4 Å². The fraction of sp³-hybridized carbons (Fsp3) is 0.300. The summed E-state index contributed by atoms with van der Waals surface area (Å²) in [6.45, 7) is 2.06. The number of hydrazine groups is 1. The van der Waals surface area contributed by atoms with E-state index in [1.165, 1.54) is 34.9 Å². The predicted octanol–water partition coefficient (Wildman–Crippen LogP) is 3.29. The van der Waals surface area contributed by atoms with Crippen molar-refractivity contribution in [3.8, 4) is 0 Å². The molecule has 25 heavy (non-hydrogen) atoms. The van der Waals surface area contributed by atoms with Crippen LogP contribution in [-0.2, 0) is 24.1 Å². The van der Waals surface area contributed by atoms with Crippen molar-refractivity contribution in [1.82, 2.24) is 10.9 Å². The Morgan fingerprint density at radius 3 is 2.52 bits per heavy atom. The summed E-state index contributed by atoms with van der Waals surface area (Å²) in [6.07, 6.45) is 4.43. The number of carbonyl (C=O) groups is 2. The number of aryl methyl sites for hydroxylation is 3. The molecule has 0 heterocycles. The van der Waals surface area contributed by atoms with E-state index in [4.69, 9.17) is 0 Å². The molecule has 3 rings (SSSR count). The van der Waals surface area contributed by atoms with Gasteiger partial charge in [0, 0.05) is 10.5 Å². The molecule has 2 N–H and O–H groups in total. The molecule has 0 saturated heterocycles. The molecule has 0 aliphatic heterocycles. The minimum Gasteiger partial charge on any atom is -0.272 e. The average Bonchev–Trinajstić information content (AvgIpc) is 3.12. The molecule has 0 bridgehead atoms. The summed E-state index contributed by atoms with van der Waals surface area (Å²) in [4.78, 5) is 25.1. The zero-order valence-electron chi connectivity index (χ0n) is 14.3. The monoisotopic (exact) mass is 354 g/mol. The number of benzene rings is 2. The van der Waals surface area contributed by atoms with E-state index in [0.29, 0.717) is 5.56 Å². The van der Waals surface area contributed by atoms with Crippen LogP contribution in [0.2, 0.25) is 0 Å². The molecule has 2 aromatic carbocycles. The highest BCUT2D eigenvalue weighted by Crippen LogP contribution is 2.27. The Bertz CT molecular complexity index is 772. The van der Waals surface area contributed by atoms with Gasteiger partial charge in [0.1, 0.15) is 0 Å². The van der Waals surface area contributed by atoms with Gasteiger partial charge in [-0.15, -0.1) is 11.8 Å². The van der Waals surface area contributed by atoms with E-state index in [1.807, 2.05) is 12.1 Å². The Kier molecular flexibility index (Phi) is 5.76. The summed E-state index contributed by atoms with van der Waals surface area (Å²) in [5, 5.41) is 0. The average molecular weight is 354 g/mol. The first-order valence-corrected chi connectivity index (χ1v) is 9.57. The van der Waals surface area contributed by atoms with E-state index in [2.05, 4.69) is 36.0 Å². The van der Waals surface area contributed by atoms with Gasteiger partial charge in [-0.2, -0.15) is 0 Å². The molecule has 4 nitrogen and oxygen atoms in total. The molecular formula is C20H22N2O2S. The van der Waals surface area contributed by atoms with Crippen molar-refractivity contribution < 1.29 is 9.59 Å². The van der Waals surface area contributed by atoms with Crippen molar-refractivity contribution in [3.63, 3.8) is 0 Å². The number of carbonyl (C=O) groups excluding carboxylic acids is 2. The minimum absolute atomic E-state index is 0.218. The third-order valence-corrected chi connectivity index (χ3v) is 5.37. The zero-order chi connectivity index (χ0) is 17.6. The maximum absolute atomic E-state index is 12.0. The number of thioether (sulfide) groups is 1. The van der Waals surface area contributed by atoms with Gasteiger partial charge >= 0.3 is 0 Å². The van der Waals surface area contributed by atoms with E-state index in [1.54, 1.807) is 12.1 Å². The highest BCUT2D eigenvalue weighted by molar-refractivity contribution is 8.00. The second kappa shape index (κ2) is 8.21. The van der Waals surface area contributed by atoms with Crippen LogP contribution in [0.4, 0.5) is 0 Å². The topological polar surface area (TPSA) is 58.2 Å². The van der Waals surface area contributed by atoms with Crippen LogP contribution in [-0.4, -0.2) is 17.6 Å². The number of hydrogen-bond donors (Lipinski definition) is 2. The van der Waals surface area contributed by atoms with Crippen molar-refractivity contribution in [3.05, 3.63) is 64.7 Å². The van der Waals surface area contributed by atoms with E-state index >= 15 is 0 Å². The van der Waals surface area contributed by atoms with Crippen LogP contribution >= 0.6 is 11.8 Å². The van der Waals surface area contributed by atoms with E-state index < -0.39 is 0 Å². The Morgan fingerprint density at radius 1 is 1.00 bits per heavy atom. The number of hydrogen-bond acceptors (Lipinski definition) is 3. The van der Waals surface area contributed by atoms with Crippen LogP contribution < -0.4 is 10.9 Å². The molecular weight excluding hydrogens is 332 g/mol. The molecule has 5 heteroatoms. The van der Waals surface area contributed by atoms with Crippen molar-refractivity contribution in [1.29, 1.82) is 0 Å². The summed E-state index contributed by atoms with van der Waals surface area (Å²) in [7, 11) is 0. The molecule has 2 aromatic rings. The van der Waals surface area contributed by atoms with Crippen molar-refractivity contribution in [2.45, 2.75) is 37.5 Å². The molecule has 0 aromatic heterocycles. The van der Waals surface area contributed by atoms with E-state index in [0.717, 1.165) is 24.2 Å². The number of amides is 2. The second-order valence-corrected chi connectivity index (χ2v) is 7.17. The molecule has 0 saturated carbocycles. The maximum Gasteiger partial charge on any atom is 0.269 e. The molecule has 1 aliphatic carbocycles. The first-order chi connectivity index (χ1) is 12.2. The normalized spacial score (nSPS) is 12.5. The van der Waals surface area contributed by atoms with Gasteiger partial charge in [-0.05, 0) is 66.6 Å². The van der Waals surface area contributed by atoms with Gasteiger partial charge in [0.2, 0.25) is 5.91 Å². The first kappa shape index (κ1) is 17.5. The first-order valence-electron chi connectivity index (χ1n) is 8.58. The van der Waals surface area contributed by atoms with Gasteiger partial charge in [-0.1, -0.05) is 25.1 Å². The highest BCUT2D eigenvalue weighted by Gasteiger charge is 2.12. The zero-order valence-corrected chi connectivity index (χ0v) is 15.1. The number of fused-ring (bicyclic) bond motifs is 1. The van der Waals surface area contributed by atoms with Gasteiger partial charge in [-0.3, -0.25) is 20.4 Å². The van der Waals surface area contributed by atoms with Crippen LogP contribution in [0.25, 0.3) is 0 Å². The lowest BCUT2D eigenvalue weighted by Crippen LogP contribution is -2.42. The molecule has 0 spiro atoms. The van der Waals surface area contributed by atoms with E-state index in [9.17, 15) is 9.59 Å². The van der Waals surface area contributed by atoms with Crippen molar-refractivity contribution in [2.24, 2.45) is 0 Å². The van der Waals surface area contributed by atoms with Gasteiger partial charge in [0.15, 0.2) is 0 Å². The standard InChI is InChI=1S/C20H22N2O2S/c1-2-14-6-8-16(9-7-14)20(24)22-21-19(23)13-25-18-11-10-15-4-3-5-17(15)12-18/h6-12H,2-5,13H2,1H3,(H,21,23)(H,22,24). The van der Waals surface area contributed by atoms with E-state index in [-0.39, 0.29) is 17.6 Å². The number of rotatable bonds is 5. The minimum atomic E-state index is -0.307. The summed E-state index contributed by atoms with van der Waals surface area (Å²) >= 11 is 1.48. The molecule has 0 atom stereocenters. The lowest BCUT2D eigenvalue weighted by molar-refractivity contribution is -0.119. The van der Waals surface area contributed by atoms with Crippen LogP contribution in [0, 0.1) is 0 Å². The summed E-state index contributed by atoms with van der Waals surface area (Å²) in [6, 6.07) is 13.8. The molecule has 130 valence electrons. The fourth-order valence-corrected chi connectivity index (χ4v) is 3.67. The molecule has 0 unspecified atom stereocenters. The quantitative estimate of drug-likeness (QED) is 0.640. The third kappa shape index (κ3) is 4.63. The number of nitrogens with one attached hydrogen (secondary N) is 2. The Morgan fingerprint density at radius 2 is 1.76 bits per heavy atom. The van der Waals surface area contributed by atoms with Crippen molar-refractivity contribution in [2.75, 3.05) is 5.75 Å². The smallest absolute Gasteiger partial charge is 0.269 e. The Labute approximate surface area is 152 Å². The summed E-state index contributed by atoms with van der Waals surface area (Å²) in [5.41, 5.74) is 9.46. The third-order valence-electron chi connectivity index (χ3n) is 4.38. The molecule has 2 amide bonds. The molecule has 0 fully saturated rings. The van der Waals surface area contributed by atoms with Crippen LogP contribution in [0.1, 0.15) is 40.4 Å². The summed E-state index contributed by atoms with van der Waals surface area (Å²) in [5.74, 6) is -0.254. The maximum atomic E-state index is 12.0. The lowest BCUT2D eigenvalue weighted by atomic mass is 10.1. The Hall–Kier alpha value is -2.27. The summed E-state index contributed by atoms with van der Waals surface area (Å²) < 4.78 is 0. The SMILES string of the molecule is CCc1ccc(C(=O)NNC(=O)CSc2ccc3c(c2)CCC3)cc1. The van der Waals surface area contributed by atoms with Gasteiger partial charge < -0.3 is 0 Å². The largest absolute Gasteiger partial charge is 0.272 e.